The van der Waals surface area contributed by atoms with Crippen LogP contribution in [-0.2, 0) is 9.53 Å². The van der Waals surface area contributed by atoms with Gasteiger partial charge in [-0.25, -0.2) is 0 Å². The lowest BCUT2D eigenvalue weighted by atomic mass is 9.75. The summed E-state index contributed by atoms with van der Waals surface area (Å²) in [6, 6.07) is 7.23. The van der Waals surface area contributed by atoms with Gasteiger partial charge in [0, 0.05) is 42.8 Å². The van der Waals surface area contributed by atoms with Crippen LogP contribution in [-0.4, -0.2) is 85.5 Å². The van der Waals surface area contributed by atoms with Crippen molar-refractivity contribution in [2.24, 2.45) is 5.41 Å². The van der Waals surface area contributed by atoms with Crippen molar-refractivity contribution in [2.45, 2.75) is 25.3 Å². The molecule has 0 radical (unpaired) electrons. The van der Waals surface area contributed by atoms with Crippen LogP contribution >= 0.6 is 11.6 Å². The van der Waals surface area contributed by atoms with E-state index in [0.29, 0.717) is 50.0 Å². The molecule has 0 aliphatic carbocycles. The third-order valence-corrected chi connectivity index (χ3v) is 6.94. The van der Waals surface area contributed by atoms with Crippen molar-refractivity contribution < 1.29 is 14.3 Å². The molecule has 28 heavy (non-hydrogen) atoms. The number of morpholine rings is 1. The smallest absolute Gasteiger partial charge is 0.253 e. The van der Waals surface area contributed by atoms with Gasteiger partial charge in [-0.05, 0) is 57.1 Å². The minimum absolute atomic E-state index is 0.0215. The molecule has 3 aliphatic rings. The molecule has 3 saturated heterocycles. The number of carbonyl (C=O) groups excluding carboxylic acids is 2. The summed E-state index contributed by atoms with van der Waals surface area (Å²) in [5.41, 5.74) is 0.263. The zero-order valence-corrected chi connectivity index (χ0v) is 17.2. The van der Waals surface area contributed by atoms with Gasteiger partial charge in [0.05, 0.1) is 18.6 Å². The Morgan fingerprint density at radius 2 is 1.68 bits per heavy atom. The maximum atomic E-state index is 13.6. The molecule has 1 aromatic carbocycles. The second-order valence-electron chi connectivity index (χ2n) is 8.14. The van der Waals surface area contributed by atoms with E-state index in [2.05, 4.69) is 11.9 Å². The average molecular weight is 406 g/mol. The first kappa shape index (κ1) is 19.7. The van der Waals surface area contributed by atoms with Crippen LogP contribution < -0.4 is 0 Å². The first-order chi connectivity index (χ1) is 13.5. The van der Waals surface area contributed by atoms with Crippen molar-refractivity contribution in [3.63, 3.8) is 0 Å². The van der Waals surface area contributed by atoms with Crippen LogP contribution in [0.4, 0.5) is 0 Å². The maximum Gasteiger partial charge on any atom is 0.253 e. The lowest BCUT2D eigenvalue weighted by molar-refractivity contribution is -0.148. The van der Waals surface area contributed by atoms with E-state index in [9.17, 15) is 9.59 Å². The molecule has 152 valence electrons. The Hall–Kier alpha value is -1.63. The molecule has 1 aromatic rings. The fourth-order valence-electron chi connectivity index (χ4n) is 5.05. The van der Waals surface area contributed by atoms with Gasteiger partial charge in [0.15, 0.2) is 0 Å². The second kappa shape index (κ2) is 8.01. The SMILES string of the molecule is CN1CC[C@]2(C(=O)N3CCOCC3)CCN(C(=O)c3ccc(Cl)cc3)CC[C@H]12. The van der Waals surface area contributed by atoms with Crippen LogP contribution in [0.5, 0.6) is 0 Å². The number of hydrogen-bond acceptors (Lipinski definition) is 4. The Morgan fingerprint density at radius 3 is 2.39 bits per heavy atom. The Morgan fingerprint density at radius 1 is 1.00 bits per heavy atom. The lowest BCUT2D eigenvalue weighted by Gasteiger charge is -2.39. The van der Waals surface area contributed by atoms with Gasteiger partial charge in [-0.2, -0.15) is 0 Å². The van der Waals surface area contributed by atoms with Crippen molar-refractivity contribution in [1.29, 1.82) is 0 Å². The van der Waals surface area contributed by atoms with E-state index < -0.39 is 0 Å². The normalized spacial score (nSPS) is 28.7. The van der Waals surface area contributed by atoms with Crippen molar-refractivity contribution in [2.75, 3.05) is 53.0 Å². The zero-order valence-electron chi connectivity index (χ0n) is 16.4. The molecule has 0 spiro atoms. The summed E-state index contributed by atoms with van der Waals surface area (Å²) in [6.45, 7) is 4.80. The van der Waals surface area contributed by atoms with E-state index in [4.69, 9.17) is 16.3 Å². The predicted octanol–water partition coefficient (Wildman–Crippen LogP) is 2.13. The number of hydrogen-bond donors (Lipinski definition) is 0. The van der Waals surface area contributed by atoms with Gasteiger partial charge >= 0.3 is 0 Å². The fourth-order valence-corrected chi connectivity index (χ4v) is 5.17. The number of halogens is 1. The number of benzene rings is 1. The summed E-state index contributed by atoms with van der Waals surface area (Å²) in [7, 11) is 2.11. The lowest BCUT2D eigenvalue weighted by Crippen LogP contribution is -2.53. The van der Waals surface area contributed by atoms with Gasteiger partial charge < -0.3 is 19.4 Å². The number of ether oxygens (including phenoxy) is 1. The average Bonchev–Trinajstić information content (AvgIpc) is 2.92. The quantitative estimate of drug-likeness (QED) is 0.756. The number of nitrogens with zero attached hydrogens (tertiary/aromatic N) is 3. The largest absolute Gasteiger partial charge is 0.378 e. The molecule has 6 nitrogen and oxygen atoms in total. The number of likely N-dealkylation sites (tertiary alicyclic amines) is 2. The van der Waals surface area contributed by atoms with Gasteiger partial charge in [-0.15, -0.1) is 0 Å². The Kier molecular flexibility index (Phi) is 5.63. The van der Waals surface area contributed by atoms with E-state index in [1.54, 1.807) is 24.3 Å². The molecule has 7 heteroatoms. The standard InChI is InChI=1S/C21H28ClN3O3/c1-23-10-7-21(20(27)25-12-14-28-15-13-25)8-11-24(9-6-18(21)23)19(26)16-2-4-17(22)5-3-16/h2-5,18H,6-15H2,1H3/t18-,21-/m0/s1. The highest BCUT2D eigenvalue weighted by Crippen LogP contribution is 2.44. The van der Waals surface area contributed by atoms with Crippen LogP contribution in [0, 0.1) is 5.41 Å². The molecule has 0 aromatic heterocycles. The molecule has 3 fully saturated rings. The Labute approximate surface area is 171 Å². The molecule has 0 bridgehead atoms. The fraction of sp³-hybridized carbons (Fsp3) is 0.619. The summed E-state index contributed by atoms with van der Waals surface area (Å²) in [5, 5.41) is 0.624. The van der Waals surface area contributed by atoms with E-state index >= 15 is 0 Å². The van der Waals surface area contributed by atoms with Gasteiger partial charge in [0.1, 0.15) is 0 Å². The Balaban J connectivity index is 1.54. The van der Waals surface area contributed by atoms with E-state index in [1.165, 1.54) is 0 Å². The molecule has 0 unspecified atom stereocenters. The molecular formula is C21H28ClN3O3. The summed E-state index contributed by atoms with van der Waals surface area (Å²) in [4.78, 5) is 32.8. The highest BCUT2D eigenvalue weighted by molar-refractivity contribution is 6.30. The first-order valence-corrected chi connectivity index (χ1v) is 10.5. The van der Waals surface area contributed by atoms with Gasteiger partial charge in [0.25, 0.3) is 5.91 Å². The zero-order chi connectivity index (χ0) is 19.7. The first-order valence-electron chi connectivity index (χ1n) is 10.1. The van der Waals surface area contributed by atoms with Gasteiger partial charge in [-0.3, -0.25) is 9.59 Å². The molecule has 4 rings (SSSR count). The molecule has 0 saturated carbocycles. The van der Waals surface area contributed by atoms with Crippen LogP contribution in [0.25, 0.3) is 0 Å². The summed E-state index contributed by atoms with van der Waals surface area (Å²) in [5.74, 6) is 0.277. The van der Waals surface area contributed by atoms with Crippen molar-refractivity contribution in [3.05, 3.63) is 34.9 Å². The van der Waals surface area contributed by atoms with Gasteiger partial charge in [0.2, 0.25) is 5.91 Å². The number of carbonyl (C=O) groups is 2. The molecule has 2 amide bonds. The van der Waals surface area contributed by atoms with E-state index in [-0.39, 0.29) is 23.3 Å². The van der Waals surface area contributed by atoms with Crippen LogP contribution in [0.2, 0.25) is 5.02 Å². The summed E-state index contributed by atoms with van der Waals surface area (Å²) < 4.78 is 5.43. The monoisotopic (exact) mass is 405 g/mol. The van der Waals surface area contributed by atoms with Crippen LogP contribution in [0.3, 0.4) is 0 Å². The highest BCUT2D eigenvalue weighted by Gasteiger charge is 2.54. The summed E-state index contributed by atoms with van der Waals surface area (Å²) in [6.07, 6.45) is 2.41. The predicted molar refractivity (Wildman–Crippen MR) is 107 cm³/mol. The minimum atomic E-state index is -0.388. The molecule has 3 heterocycles. The minimum Gasteiger partial charge on any atom is -0.378 e. The topological polar surface area (TPSA) is 53.1 Å². The number of fused-ring (bicyclic) bond motifs is 1. The van der Waals surface area contributed by atoms with Crippen molar-refractivity contribution >= 4 is 23.4 Å². The van der Waals surface area contributed by atoms with Crippen molar-refractivity contribution in [1.82, 2.24) is 14.7 Å². The maximum absolute atomic E-state index is 13.6. The third-order valence-electron chi connectivity index (χ3n) is 6.68. The third kappa shape index (κ3) is 3.53. The van der Waals surface area contributed by atoms with Crippen LogP contribution in [0.1, 0.15) is 29.6 Å². The molecule has 0 N–H and O–H groups in total. The number of amides is 2. The summed E-state index contributed by atoms with van der Waals surface area (Å²) >= 11 is 5.95. The van der Waals surface area contributed by atoms with E-state index in [1.807, 2.05) is 9.80 Å². The van der Waals surface area contributed by atoms with Gasteiger partial charge in [-0.1, -0.05) is 11.6 Å². The highest BCUT2D eigenvalue weighted by atomic mass is 35.5. The second-order valence-corrected chi connectivity index (χ2v) is 8.58. The molecule has 2 atom stereocenters. The van der Waals surface area contributed by atoms with E-state index in [0.717, 1.165) is 25.8 Å². The van der Waals surface area contributed by atoms with Crippen molar-refractivity contribution in [3.8, 4) is 0 Å². The Bertz CT molecular complexity index is 735. The van der Waals surface area contributed by atoms with Crippen LogP contribution in [0.15, 0.2) is 24.3 Å². The number of rotatable bonds is 2. The molecular weight excluding hydrogens is 378 g/mol. The molecule has 3 aliphatic heterocycles.